The highest BCUT2D eigenvalue weighted by Crippen LogP contribution is 2.17. The van der Waals surface area contributed by atoms with Gasteiger partial charge in [0.05, 0.1) is 6.61 Å². The number of rotatable bonds is 2. The Kier molecular flexibility index (Phi) is 5.19. The predicted octanol–water partition coefficient (Wildman–Crippen LogP) is 3.23. The molecule has 0 unspecified atom stereocenters. The van der Waals surface area contributed by atoms with Crippen LogP contribution in [0.2, 0.25) is 0 Å². The second kappa shape index (κ2) is 6.90. The molecule has 1 heterocycles. The third-order valence-corrected chi connectivity index (χ3v) is 3.68. The van der Waals surface area contributed by atoms with Gasteiger partial charge in [-0.2, -0.15) is 0 Å². The summed E-state index contributed by atoms with van der Waals surface area (Å²) in [4.78, 5) is 11.8. The molecule has 1 aliphatic heterocycles. The fourth-order valence-electron chi connectivity index (χ4n) is 1.93. The van der Waals surface area contributed by atoms with Gasteiger partial charge in [-0.15, -0.1) is 0 Å². The molecule has 0 atom stereocenters. The fraction of sp³-hybridized carbons (Fsp3) is 0.385. The van der Waals surface area contributed by atoms with Gasteiger partial charge in [0.1, 0.15) is 0 Å². The van der Waals surface area contributed by atoms with E-state index in [0.717, 1.165) is 16.6 Å². The van der Waals surface area contributed by atoms with Gasteiger partial charge >= 0.3 is 6.09 Å². The number of halogens is 1. The number of anilines is 1. The van der Waals surface area contributed by atoms with Crippen LogP contribution in [0.3, 0.4) is 0 Å². The van der Waals surface area contributed by atoms with Crippen molar-refractivity contribution in [2.45, 2.75) is 13.3 Å². The summed E-state index contributed by atoms with van der Waals surface area (Å²) in [5, 5.41) is 6.91. The number of benzene rings is 1. The highest BCUT2D eigenvalue weighted by atomic mass is 79.9. The number of hydrogen-bond acceptors (Lipinski definition) is 3. The van der Waals surface area contributed by atoms with E-state index in [4.69, 9.17) is 17.0 Å². The summed E-state index contributed by atoms with van der Waals surface area (Å²) in [5.41, 5.74) is 0.883. The zero-order chi connectivity index (χ0) is 14.5. The summed E-state index contributed by atoms with van der Waals surface area (Å²) in [6.45, 7) is 3.48. The lowest BCUT2D eigenvalue weighted by atomic mass is 10.3. The van der Waals surface area contributed by atoms with Crippen LogP contribution in [0, 0.1) is 0 Å². The van der Waals surface area contributed by atoms with Crippen LogP contribution in [0.15, 0.2) is 28.7 Å². The molecule has 1 amide bonds. The molecule has 1 N–H and O–H groups in total. The summed E-state index contributed by atoms with van der Waals surface area (Å²) in [5.74, 6) is 0. The third kappa shape index (κ3) is 3.61. The molecule has 20 heavy (non-hydrogen) atoms. The number of hydrogen-bond donors (Lipinski definition) is 1. The van der Waals surface area contributed by atoms with Crippen molar-refractivity contribution in [1.82, 2.24) is 10.0 Å². The van der Waals surface area contributed by atoms with E-state index in [9.17, 15) is 4.79 Å². The number of nitrogens with one attached hydrogen (secondary N) is 1. The smallest absolute Gasteiger partial charge is 0.428 e. The first kappa shape index (κ1) is 15.1. The first-order valence-electron chi connectivity index (χ1n) is 6.40. The second-order valence-electron chi connectivity index (χ2n) is 4.24. The molecular formula is C13H16BrN3O2S. The number of nitrogens with zero attached hydrogens (tertiary/aromatic N) is 2. The molecule has 108 valence electrons. The summed E-state index contributed by atoms with van der Waals surface area (Å²) in [6.07, 6.45) is 0.519. The largest absolute Gasteiger partial charge is 0.448 e. The van der Waals surface area contributed by atoms with E-state index in [-0.39, 0.29) is 6.09 Å². The molecule has 7 heteroatoms. The quantitative estimate of drug-likeness (QED) is 0.823. The lowest BCUT2D eigenvalue weighted by molar-refractivity contribution is 0.0575. The molecule has 1 fully saturated rings. The zero-order valence-corrected chi connectivity index (χ0v) is 13.5. The van der Waals surface area contributed by atoms with Gasteiger partial charge < -0.3 is 10.1 Å². The van der Waals surface area contributed by atoms with Crippen molar-refractivity contribution in [2.75, 3.05) is 25.0 Å². The van der Waals surface area contributed by atoms with Gasteiger partial charge in [0, 0.05) is 23.2 Å². The van der Waals surface area contributed by atoms with Crippen molar-refractivity contribution in [3.05, 3.63) is 28.7 Å². The Labute approximate surface area is 132 Å². The molecule has 1 aromatic rings. The Bertz CT molecular complexity index is 495. The van der Waals surface area contributed by atoms with Crippen LogP contribution < -0.4 is 5.32 Å². The van der Waals surface area contributed by atoms with Crippen molar-refractivity contribution >= 4 is 45.0 Å². The van der Waals surface area contributed by atoms with Gasteiger partial charge in [-0.25, -0.2) is 9.80 Å². The molecule has 1 aromatic carbocycles. The molecule has 0 spiro atoms. The van der Waals surface area contributed by atoms with Crippen molar-refractivity contribution in [2.24, 2.45) is 0 Å². The van der Waals surface area contributed by atoms with Gasteiger partial charge in [0.15, 0.2) is 5.11 Å². The van der Waals surface area contributed by atoms with Crippen LogP contribution >= 0.6 is 28.1 Å². The molecular weight excluding hydrogens is 342 g/mol. The van der Waals surface area contributed by atoms with E-state index in [1.54, 1.807) is 11.9 Å². The Morgan fingerprint density at radius 1 is 1.35 bits per heavy atom. The van der Waals surface area contributed by atoms with Crippen LogP contribution in [-0.4, -0.2) is 40.9 Å². The van der Waals surface area contributed by atoms with E-state index in [1.165, 1.54) is 5.01 Å². The minimum Gasteiger partial charge on any atom is -0.448 e. The maximum Gasteiger partial charge on any atom is 0.428 e. The van der Waals surface area contributed by atoms with E-state index in [2.05, 4.69) is 21.2 Å². The molecule has 0 aromatic heterocycles. The molecule has 0 saturated carbocycles. The van der Waals surface area contributed by atoms with E-state index < -0.39 is 0 Å². The van der Waals surface area contributed by atoms with Crippen LogP contribution in [0.1, 0.15) is 13.3 Å². The molecule has 5 nitrogen and oxygen atoms in total. The van der Waals surface area contributed by atoms with E-state index in [1.807, 2.05) is 24.3 Å². The molecule has 1 saturated heterocycles. The predicted molar refractivity (Wildman–Crippen MR) is 85.4 cm³/mol. The molecule has 0 bridgehead atoms. The van der Waals surface area contributed by atoms with Gasteiger partial charge in [0.2, 0.25) is 0 Å². The SMILES string of the molecule is CCOC(=O)N1CCCN1C(=S)Nc1ccc(Br)cc1. The highest BCUT2D eigenvalue weighted by Gasteiger charge is 2.29. The van der Waals surface area contributed by atoms with Crippen molar-refractivity contribution in [1.29, 1.82) is 0 Å². The second-order valence-corrected chi connectivity index (χ2v) is 5.54. The Morgan fingerprint density at radius 2 is 2.00 bits per heavy atom. The summed E-state index contributed by atoms with van der Waals surface area (Å²) in [7, 11) is 0. The number of carbonyl (C=O) groups is 1. The maximum atomic E-state index is 11.8. The molecule has 2 rings (SSSR count). The van der Waals surface area contributed by atoms with E-state index >= 15 is 0 Å². The lowest BCUT2D eigenvalue weighted by Crippen LogP contribution is -2.46. The lowest BCUT2D eigenvalue weighted by Gasteiger charge is -2.29. The molecule has 0 aliphatic carbocycles. The maximum absolute atomic E-state index is 11.8. The van der Waals surface area contributed by atoms with Crippen LogP contribution in [0.25, 0.3) is 0 Å². The fourth-order valence-corrected chi connectivity index (χ4v) is 2.50. The third-order valence-electron chi connectivity index (χ3n) is 2.84. The molecule has 0 radical (unpaired) electrons. The Morgan fingerprint density at radius 3 is 2.65 bits per heavy atom. The number of hydrazine groups is 1. The summed E-state index contributed by atoms with van der Waals surface area (Å²) in [6, 6.07) is 7.69. The molecule has 1 aliphatic rings. The topological polar surface area (TPSA) is 44.8 Å². The number of carbonyl (C=O) groups excluding carboxylic acids is 1. The van der Waals surface area contributed by atoms with Crippen LogP contribution in [-0.2, 0) is 4.74 Å². The normalized spacial score (nSPS) is 14.3. The van der Waals surface area contributed by atoms with Gasteiger partial charge in [0.25, 0.3) is 0 Å². The minimum atomic E-state index is -0.357. The Hall–Kier alpha value is -1.34. The van der Waals surface area contributed by atoms with Crippen molar-refractivity contribution < 1.29 is 9.53 Å². The number of thiocarbonyl (C=S) groups is 1. The van der Waals surface area contributed by atoms with Gasteiger partial charge in [-0.3, -0.25) is 5.01 Å². The van der Waals surface area contributed by atoms with Gasteiger partial charge in [-0.1, -0.05) is 15.9 Å². The Balaban J connectivity index is 2.00. The first-order chi connectivity index (χ1) is 9.61. The summed E-state index contributed by atoms with van der Waals surface area (Å²) >= 11 is 8.75. The van der Waals surface area contributed by atoms with Gasteiger partial charge in [-0.05, 0) is 49.8 Å². The van der Waals surface area contributed by atoms with Crippen molar-refractivity contribution in [3.8, 4) is 0 Å². The summed E-state index contributed by atoms with van der Waals surface area (Å²) < 4.78 is 6.03. The number of ether oxygens (including phenoxy) is 1. The van der Waals surface area contributed by atoms with Crippen molar-refractivity contribution in [3.63, 3.8) is 0 Å². The average molecular weight is 358 g/mol. The zero-order valence-electron chi connectivity index (χ0n) is 11.1. The van der Waals surface area contributed by atoms with E-state index in [0.29, 0.717) is 24.8 Å². The highest BCUT2D eigenvalue weighted by molar-refractivity contribution is 9.10. The standard InChI is InChI=1S/C13H16BrN3O2S/c1-2-19-13(18)17-9-3-8-16(17)12(20)15-11-6-4-10(14)5-7-11/h4-7H,2-3,8-9H2,1H3,(H,15,20). The monoisotopic (exact) mass is 357 g/mol. The minimum absolute atomic E-state index is 0.357. The first-order valence-corrected chi connectivity index (χ1v) is 7.60. The van der Waals surface area contributed by atoms with Crippen LogP contribution in [0.4, 0.5) is 10.5 Å². The van der Waals surface area contributed by atoms with Crippen LogP contribution in [0.5, 0.6) is 0 Å². The number of amides is 1. The average Bonchev–Trinajstić information content (AvgIpc) is 2.91.